The van der Waals surface area contributed by atoms with Crippen LogP contribution < -0.4 is 10.1 Å². The van der Waals surface area contributed by atoms with Crippen molar-refractivity contribution in [3.63, 3.8) is 0 Å². The highest BCUT2D eigenvalue weighted by atomic mass is 16.5. The molecule has 0 fully saturated rings. The molecule has 1 N–H and O–H groups in total. The number of anilines is 1. The van der Waals surface area contributed by atoms with Gasteiger partial charge in [-0.05, 0) is 24.3 Å². The summed E-state index contributed by atoms with van der Waals surface area (Å²) in [5.41, 5.74) is 1.83. The fourth-order valence-corrected chi connectivity index (χ4v) is 2.33. The van der Waals surface area contributed by atoms with E-state index in [2.05, 4.69) is 5.32 Å². The zero-order valence-electron chi connectivity index (χ0n) is 13.2. The predicted octanol–water partition coefficient (Wildman–Crippen LogP) is 2.52. The van der Waals surface area contributed by atoms with Crippen molar-refractivity contribution in [1.82, 2.24) is 0 Å². The van der Waals surface area contributed by atoms with Gasteiger partial charge >= 0.3 is 5.97 Å². The summed E-state index contributed by atoms with van der Waals surface area (Å²) in [5, 5.41) is 11.5. The van der Waals surface area contributed by atoms with Gasteiger partial charge in [-0.15, -0.1) is 0 Å². The molecule has 6 heteroatoms. The number of ether oxygens (including phenoxy) is 2. The lowest BCUT2D eigenvalue weighted by Crippen LogP contribution is -2.24. The highest BCUT2D eigenvalue weighted by Gasteiger charge is 2.19. The molecule has 25 heavy (non-hydrogen) atoms. The largest absolute Gasteiger partial charge is 0.488 e. The van der Waals surface area contributed by atoms with E-state index in [0.29, 0.717) is 22.6 Å². The first kappa shape index (κ1) is 16.3. The van der Waals surface area contributed by atoms with Crippen molar-refractivity contribution < 1.29 is 19.1 Å². The van der Waals surface area contributed by atoms with Crippen LogP contribution in [0.4, 0.5) is 5.69 Å². The van der Waals surface area contributed by atoms with E-state index >= 15 is 0 Å². The predicted molar refractivity (Wildman–Crippen MR) is 90.7 cm³/mol. The maximum absolute atomic E-state index is 12.1. The van der Waals surface area contributed by atoms with Gasteiger partial charge in [-0.2, -0.15) is 5.26 Å². The van der Waals surface area contributed by atoms with Crippen molar-refractivity contribution in [3.8, 4) is 11.8 Å². The van der Waals surface area contributed by atoms with Crippen LogP contribution in [-0.4, -0.2) is 25.1 Å². The average Bonchev–Trinajstić information content (AvgIpc) is 2.66. The van der Waals surface area contributed by atoms with E-state index in [1.54, 1.807) is 30.3 Å². The Morgan fingerprint density at radius 1 is 1.16 bits per heavy atom. The standard InChI is InChI=1S/C19H14N2O4/c20-10-14-6-1-3-7-16(14)21-18(22)12-25-19(23)15-9-13-5-2-4-8-17(13)24-11-15/h1-9H,11-12H2,(H,21,22). The molecule has 0 radical (unpaired) electrons. The minimum absolute atomic E-state index is 0.0920. The van der Waals surface area contributed by atoms with Gasteiger partial charge in [0.2, 0.25) is 0 Å². The van der Waals surface area contributed by atoms with Crippen LogP contribution in [-0.2, 0) is 14.3 Å². The van der Waals surface area contributed by atoms with Crippen LogP contribution in [0.1, 0.15) is 11.1 Å². The first-order valence-electron chi connectivity index (χ1n) is 7.56. The fourth-order valence-electron chi connectivity index (χ4n) is 2.33. The van der Waals surface area contributed by atoms with Gasteiger partial charge in [0.25, 0.3) is 5.91 Å². The molecule has 0 saturated carbocycles. The lowest BCUT2D eigenvalue weighted by atomic mass is 10.1. The van der Waals surface area contributed by atoms with E-state index in [1.165, 1.54) is 0 Å². The molecule has 1 aliphatic heterocycles. The number of carbonyl (C=O) groups excluding carboxylic acids is 2. The van der Waals surface area contributed by atoms with Crippen molar-refractivity contribution in [2.45, 2.75) is 0 Å². The van der Waals surface area contributed by atoms with E-state index < -0.39 is 18.5 Å². The number of nitrogens with zero attached hydrogens (tertiary/aromatic N) is 1. The van der Waals surface area contributed by atoms with Gasteiger partial charge in [0.1, 0.15) is 18.4 Å². The molecule has 2 aromatic carbocycles. The molecule has 0 saturated heterocycles. The smallest absolute Gasteiger partial charge is 0.338 e. The summed E-state index contributed by atoms with van der Waals surface area (Å²) < 4.78 is 10.5. The number of nitriles is 1. The van der Waals surface area contributed by atoms with Crippen LogP contribution in [0.25, 0.3) is 6.08 Å². The molecule has 3 rings (SSSR count). The number of amides is 1. The third kappa shape index (κ3) is 3.85. The number of nitrogens with one attached hydrogen (secondary N) is 1. The number of hydrogen-bond acceptors (Lipinski definition) is 5. The molecule has 1 aliphatic rings. The summed E-state index contributed by atoms with van der Waals surface area (Å²) in [6, 6.07) is 15.9. The number of benzene rings is 2. The molecule has 0 unspecified atom stereocenters. The van der Waals surface area contributed by atoms with Gasteiger partial charge in [0.05, 0.1) is 16.8 Å². The molecule has 1 heterocycles. The summed E-state index contributed by atoms with van der Waals surface area (Å²) in [4.78, 5) is 24.0. The van der Waals surface area contributed by atoms with E-state index in [1.807, 2.05) is 30.3 Å². The van der Waals surface area contributed by atoms with Crippen LogP contribution >= 0.6 is 0 Å². The van der Waals surface area contributed by atoms with Gasteiger partial charge in [0, 0.05) is 5.56 Å². The summed E-state index contributed by atoms with van der Waals surface area (Å²) in [6.45, 7) is -0.355. The fraction of sp³-hybridized carbons (Fsp3) is 0.105. The number of para-hydroxylation sites is 2. The topological polar surface area (TPSA) is 88.4 Å². The maximum atomic E-state index is 12.1. The Morgan fingerprint density at radius 2 is 1.92 bits per heavy atom. The van der Waals surface area contributed by atoms with Crippen molar-refractivity contribution in [1.29, 1.82) is 5.26 Å². The molecular formula is C19H14N2O4. The summed E-state index contributed by atoms with van der Waals surface area (Å²) in [6.07, 6.45) is 1.68. The number of fused-ring (bicyclic) bond motifs is 1. The Bertz CT molecular complexity index is 896. The van der Waals surface area contributed by atoms with Crippen LogP contribution in [0, 0.1) is 11.3 Å². The zero-order valence-corrected chi connectivity index (χ0v) is 13.2. The third-order valence-corrected chi connectivity index (χ3v) is 3.55. The highest BCUT2D eigenvalue weighted by molar-refractivity contribution is 5.98. The maximum Gasteiger partial charge on any atom is 0.338 e. The number of hydrogen-bond donors (Lipinski definition) is 1. The van der Waals surface area contributed by atoms with E-state index in [-0.39, 0.29) is 6.61 Å². The zero-order chi connectivity index (χ0) is 17.6. The summed E-state index contributed by atoms with van der Waals surface area (Å²) in [7, 11) is 0. The Morgan fingerprint density at radius 3 is 2.76 bits per heavy atom. The van der Waals surface area contributed by atoms with Crippen LogP contribution in [0.15, 0.2) is 54.1 Å². The third-order valence-electron chi connectivity index (χ3n) is 3.55. The van der Waals surface area contributed by atoms with E-state index in [0.717, 1.165) is 5.56 Å². The van der Waals surface area contributed by atoms with Crippen molar-refractivity contribution in [2.24, 2.45) is 0 Å². The second-order valence-corrected chi connectivity index (χ2v) is 5.28. The summed E-state index contributed by atoms with van der Waals surface area (Å²) >= 11 is 0. The second kappa shape index (κ2) is 7.32. The summed E-state index contributed by atoms with van der Waals surface area (Å²) in [5.74, 6) is -0.433. The van der Waals surface area contributed by atoms with Gasteiger partial charge in [0.15, 0.2) is 6.61 Å². The molecule has 2 aromatic rings. The van der Waals surface area contributed by atoms with Crippen molar-refractivity contribution >= 4 is 23.6 Å². The molecule has 0 aliphatic carbocycles. The second-order valence-electron chi connectivity index (χ2n) is 5.28. The number of esters is 1. The van der Waals surface area contributed by atoms with Gasteiger partial charge in [-0.3, -0.25) is 4.79 Å². The van der Waals surface area contributed by atoms with Crippen molar-refractivity contribution in [2.75, 3.05) is 18.5 Å². The quantitative estimate of drug-likeness (QED) is 0.868. The van der Waals surface area contributed by atoms with Gasteiger partial charge in [-0.25, -0.2) is 4.79 Å². The Hall–Kier alpha value is -3.59. The average molecular weight is 334 g/mol. The Balaban J connectivity index is 1.59. The molecule has 0 spiro atoms. The first-order chi connectivity index (χ1) is 12.2. The van der Waals surface area contributed by atoms with Crippen molar-refractivity contribution in [3.05, 3.63) is 65.2 Å². The Labute approximate surface area is 144 Å². The highest BCUT2D eigenvalue weighted by Crippen LogP contribution is 2.26. The molecule has 124 valence electrons. The monoisotopic (exact) mass is 334 g/mol. The van der Waals surface area contributed by atoms with Crippen LogP contribution in [0.5, 0.6) is 5.75 Å². The molecule has 6 nitrogen and oxygen atoms in total. The van der Waals surface area contributed by atoms with Gasteiger partial charge in [-0.1, -0.05) is 30.3 Å². The molecule has 0 aromatic heterocycles. The minimum Gasteiger partial charge on any atom is -0.488 e. The molecule has 0 atom stereocenters. The molecular weight excluding hydrogens is 320 g/mol. The lowest BCUT2D eigenvalue weighted by Gasteiger charge is -2.16. The number of carbonyl (C=O) groups is 2. The lowest BCUT2D eigenvalue weighted by molar-refractivity contribution is -0.143. The first-order valence-corrected chi connectivity index (χ1v) is 7.56. The van der Waals surface area contributed by atoms with E-state index in [9.17, 15) is 9.59 Å². The van der Waals surface area contributed by atoms with E-state index in [4.69, 9.17) is 14.7 Å². The van der Waals surface area contributed by atoms with Crippen LogP contribution in [0.2, 0.25) is 0 Å². The SMILES string of the molecule is N#Cc1ccccc1NC(=O)COC(=O)C1=Cc2ccccc2OC1. The number of rotatable bonds is 4. The van der Waals surface area contributed by atoms with Gasteiger partial charge < -0.3 is 14.8 Å². The Kier molecular flexibility index (Phi) is 4.77. The normalized spacial score (nSPS) is 12.0. The molecule has 1 amide bonds. The minimum atomic E-state index is -0.613. The molecule has 0 bridgehead atoms. The van der Waals surface area contributed by atoms with Crippen LogP contribution in [0.3, 0.4) is 0 Å².